The SMILES string of the molecule is CCCCC(CN)(CCC)C(C)N. The second kappa shape index (κ2) is 6.39. The topological polar surface area (TPSA) is 52.0 Å². The van der Waals surface area contributed by atoms with Gasteiger partial charge in [0.25, 0.3) is 0 Å². The highest BCUT2D eigenvalue weighted by molar-refractivity contribution is 4.87. The predicted octanol–water partition coefficient (Wildman–Crippen LogP) is 2.27. The summed E-state index contributed by atoms with van der Waals surface area (Å²) in [5.41, 5.74) is 12.1. The first-order valence-corrected chi connectivity index (χ1v) is 5.58. The van der Waals surface area contributed by atoms with Gasteiger partial charge in [-0.2, -0.15) is 0 Å². The van der Waals surface area contributed by atoms with Crippen LogP contribution in [-0.4, -0.2) is 12.6 Å². The van der Waals surface area contributed by atoms with E-state index in [9.17, 15) is 0 Å². The second-order valence-corrected chi connectivity index (χ2v) is 4.21. The van der Waals surface area contributed by atoms with E-state index in [4.69, 9.17) is 11.5 Å². The molecule has 0 aromatic carbocycles. The number of unbranched alkanes of at least 4 members (excludes halogenated alkanes) is 1. The van der Waals surface area contributed by atoms with E-state index in [2.05, 4.69) is 20.8 Å². The molecule has 4 N–H and O–H groups in total. The van der Waals surface area contributed by atoms with Crippen LogP contribution in [0.4, 0.5) is 0 Å². The Morgan fingerprint density at radius 1 is 1.15 bits per heavy atom. The Balaban J connectivity index is 4.26. The van der Waals surface area contributed by atoms with Crippen LogP contribution in [0.3, 0.4) is 0 Å². The zero-order valence-electron chi connectivity index (χ0n) is 9.47. The highest BCUT2D eigenvalue weighted by Crippen LogP contribution is 2.32. The Hall–Kier alpha value is -0.0800. The van der Waals surface area contributed by atoms with Crippen LogP contribution in [0.1, 0.15) is 52.9 Å². The fourth-order valence-electron chi connectivity index (χ4n) is 2.00. The molecular weight excluding hydrogens is 160 g/mol. The monoisotopic (exact) mass is 186 g/mol. The highest BCUT2D eigenvalue weighted by Gasteiger charge is 2.30. The molecule has 2 atom stereocenters. The van der Waals surface area contributed by atoms with Crippen LogP contribution in [0.5, 0.6) is 0 Å². The molecule has 0 aliphatic rings. The quantitative estimate of drug-likeness (QED) is 0.641. The van der Waals surface area contributed by atoms with Crippen molar-refractivity contribution >= 4 is 0 Å². The Labute approximate surface area is 83.1 Å². The molecular formula is C11H26N2. The number of hydrogen-bond donors (Lipinski definition) is 2. The molecule has 0 heterocycles. The van der Waals surface area contributed by atoms with Gasteiger partial charge in [-0.25, -0.2) is 0 Å². The largest absolute Gasteiger partial charge is 0.330 e. The Bertz CT molecular complexity index is 123. The van der Waals surface area contributed by atoms with Gasteiger partial charge in [0.2, 0.25) is 0 Å². The average molecular weight is 186 g/mol. The summed E-state index contributed by atoms with van der Waals surface area (Å²) in [6.07, 6.45) is 6.02. The van der Waals surface area contributed by atoms with Crippen molar-refractivity contribution in [1.29, 1.82) is 0 Å². The van der Waals surface area contributed by atoms with Gasteiger partial charge in [0.1, 0.15) is 0 Å². The fraction of sp³-hybridized carbons (Fsp3) is 1.00. The lowest BCUT2D eigenvalue weighted by Gasteiger charge is -2.36. The van der Waals surface area contributed by atoms with Crippen LogP contribution in [-0.2, 0) is 0 Å². The minimum atomic E-state index is 0.199. The lowest BCUT2D eigenvalue weighted by molar-refractivity contribution is 0.197. The van der Waals surface area contributed by atoms with Gasteiger partial charge in [0.05, 0.1) is 0 Å². The van der Waals surface area contributed by atoms with Crippen LogP contribution in [0.25, 0.3) is 0 Å². The molecule has 80 valence electrons. The van der Waals surface area contributed by atoms with Crippen LogP contribution in [0.15, 0.2) is 0 Å². The average Bonchev–Trinajstić information content (AvgIpc) is 2.12. The van der Waals surface area contributed by atoms with E-state index in [1.165, 1.54) is 32.1 Å². The summed E-state index contributed by atoms with van der Waals surface area (Å²) in [7, 11) is 0. The van der Waals surface area contributed by atoms with Crippen LogP contribution in [0, 0.1) is 5.41 Å². The molecule has 2 unspecified atom stereocenters. The molecule has 0 saturated carbocycles. The van der Waals surface area contributed by atoms with E-state index < -0.39 is 0 Å². The van der Waals surface area contributed by atoms with Crippen molar-refractivity contribution in [3.8, 4) is 0 Å². The van der Waals surface area contributed by atoms with Crippen molar-refractivity contribution < 1.29 is 0 Å². The zero-order chi connectivity index (χ0) is 10.3. The molecule has 2 heteroatoms. The van der Waals surface area contributed by atoms with Crippen molar-refractivity contribution in [2.45, 2.75) is 58.9 Å². The first kappa shape index (κ1) is 12.9. The molecule has 0 bridgehead atoms. The first-order valence-electron chi connectivity index (χ1n) is 5.58. The summed E-state index contributed by atoms with van der Waals surface area (Å²) in [4.78, 5) is 0. The summed E-state index contributed by atoms with van der Waals surface area (Å²) in [5, 5.41) is 0. The standard InChI is InChI=1S/C11H26N2/c1-4-6-8-11(9-12,7-5-2)10(3)13/h10H,4-9,12-13H2,1-3H3. The van der Waals surface area contributed by atoms with Crippen molar-refractivity contribution in [1.82, 2.24) is 0 Å². The van der Waals surface area contributed by atoms with Crippen LogP contribution in [0.2, 0.25) is 0 Å². The van der Waals surface area contributed by atoms with Gasteiger partial charge in [-0.15, -0.1) is 0 Å². The van der Waals surface area contributed by atoms with E-state index in [0.717, 1.165) is 6.54 Å². The summed E-state index contributed by atoms with van der Waals surface area (Å²) < 4.78 is 0. The zero-order valence-corrected chi connectivity index (χ0v) is 9.47. The van der Waals surface area contributed by atoms with E-state index in [-0.39, 0.29) is 11.5 Å². The number of rotatable bonds is 7. The summed E-state index contributed by atoms with van der Waals surface area (Å²) in [5.74, 6) is 0. The molecule has 0 aliphatic carbocycles. The molecule has 0 saturated heterocycles. The minimum Gasteiger partial charge on any atom is -0.330 e. The number of nitrogens with two attached hydrogens (primary N) is 2. The highest BCUT2D eigenvalue weighted by atomic mass is 14.7. The van der Waals surface area contributed by atoms with Gasteiger partial charge in [-0.3, -0.25) is 0 Å². The fourth-order valence-corrected chi connectivity index (χ4v) is 2.00. The maximum atomic E-state index is 6.03. The lowest BCUT2D eigenvalue weighted by atomic mass is 9.73. The molecule has 0 aromatic rings. The summed E-state index contributed by atoms with van der Waals surface area (Å²) >= 11 is 0. The van der Waals surface area contributed by atoms with Gasteiger partial charge in [-0.05, 0) is 31.7 Å². The maximum absolute atomic E-state index is 6.03. The Morgan fingerprint density at radius 3 is 2.08 bits per heavy atom. The normalized spacial score (nSPS) is 18.2. The molecule has 0 amide bonds. The molecule has 0 aliphatic heterocycles. The van der Waals surface area contributed by atoms with Gasteiger partial charge >= 0.3 is 0 Å². The van der Waals surface area contributed by atoms with Crippen molar-refractivity contribution in [2.75, 3.05) is 6.54 Å². The van der Waals surface area contributed by atoms with E-state index in [1.807, 2.05) is 0 Å². The maximum Gasteiger partial charge on any atom is 0.00791 e. The van der Waals surface area contributed by atoms with Crippen molar-refractivity contribution in [3.05, 3.63) is 0 Å². The number of hydrogen-bond acceptors (Lipinski definition) is 2. The third kappa shape index (κ3) is 3.65. The van der Waals surface area contributed by atoms with Gasteiger partial charge in [-0.1, -0.05) is 33.1 Å². The summed E-state index contributed by atoms with van der Waals surface area (Å²) in [6, 6.07) is 0.226. The molecule has 0 aromatic heterocycles. The molecule has 2 nitrogen and oxygen atoms in total. The minimum absolute atomic E-state index is 0.199. The van der Waals surface area contributed by atoms with Crippen molar-refractivity contribution in [3.63, 3.8) is 0 Å². The molecule has 13 heavy (non-hydrogen) atoms. The van der Waals surface area contributed by atoms with Gasteiger partial charge in [0.15, 0.2) is 0 Å². The smallest absolute Gasteiger partial charge is 0.00791 e. The molecule has 0 rings (SSSR count). The van der Waals surface area contributed by atoms with E-state index in [0.29, 0.717) is 0 Å². The first-order chi connectivity index (χ1) is 6.13. The predicted molar refractivity (Wildman–Crippen MR) is 59.6 cm³/mol. The summed E-state index contributed by atoms with van der Waals surface area (Å²) in [6.45, 7) is 7.25. The van der Waals surface area contributed by atoms with Gasteiger partial charge < -0.3 is 11.5 Å². The third-order valence-electron chi connectivity index (χ3n) is 3.15. The molecule has 0 spiro atoms. The van der Waals surface area contributed by atoms with Crippen molar-refractivity contribution in [2.24, 2.45) is 16.9 Å². The Kier molecular flexibility index (Phi) is 6.35. The van der Waals surface area contributed by atoms with Gasteiger partial charge in [0, 0.05) is 6.04 Å². The van der Waals surface area contributed by atoms with E-state index in [1.54, 1.807) is 0 Å². The van der Waals surface area contributed by atoms with Crippen LogP contribution >= 0.6 is 0 Å². The molecule has 0 radical (unpaired) electrons. The second-order valence-electron chi connectivity index (χ2n) is 4.21. The van der Waals surface area contributed by atoms with Crippen LogP contribution < -0.4 is 11.5 Å². The third-order valence-corrected chi connectivity index (χ3v) is 3.15. The molecule has 0 fully saturated rings. The van der Waals surface area contributed by atoms with E-state index >= 15 is 0 Å². The lowest BCUT2D eigenvalue weighted by Crippen LogP contribution is -2.45. The Morgan fingerprint density at radius 2 is 1.77 bits per heavy atom.